The van der Waals surface area contributed by atoms with Gasteiger partial charge in [0.1, 0.15) is 0 Å². The summed E-state index contributed by atoms with van der Waals surface area (Å²) in [6.45, 7) is 7.25. The Bertz CT molecular complexity index is 355. The third-order valence-corrected chi connectivity index (χ3v) is 2.31. The standard InChI is InChI=1S/C13H19F2NO/c1-9(2)16-7-10(3)8-17-12-6-4-5-11(14)13(12)15/h4-6,9-10,16H,7-8H2,1-3H3. The van der Waals surface area contributed by atoms with Crippen molar-refractivity contribution in [2.75, 3.05) is 13.2 Å². The van der Waals surface area contributed by atoms with E-state index in [0.29, 0.717) is 12.6 Å². The summed E-state index contributed by atoms with van der Waals surface area (Å²) < 4.78 is 31.4. The molecule has 0 aliphatic heterocycles. The van der Waals surface area contributed by atoms with Crippen molar-refractivity contribution in [3.05, 3.63) is 29.8 Å². The highest BCUT2D eigenvalue weighted by Crippen LogP contribution is 2.19. The summed E-state index contributed by atoms with van der Waals surface area (Å²) in [5, 5.41) is 3.26. The van der Waals surface area contributed by atoms with Crippen molar-refractivity contribution in [2.45, 2.75) is 26.8 Å². The lowest BCUT2D eigenvalue weighted by molar-refractivity contribution is 0.240. The molecular formula is C13H19F2NO. The van der Waals surface area contributed by atoms with Crippen molar-refractivity contribution in [3.63, 3.8) is 0 Å². The third kappa shape index (κ3) is 4.69. The minimum Gasteiger partial charge on any atom is -0.490 e. The molecule has 1 unspecified atom stereocenters. The Balaban J connectivity index is 2.42. The minimum absolute atomic E-state index is 0.0265. The molecule has 1 rings (SSSR count). The number of rotatable bonds is 6. The number of hydrogen-bond donors (Lipinski definition) is 1. The molecule has 4 heteroatoms. The van der Waals surface area contributed by atoms with Crippen molar-refractivity contribution in [2.24, 2.45) is 5.92 Å². The SMILES string of the molecule is CC(CNC(C)C)COc1cccc(F)c1F. The van der Waals surface area contributed by atoms with Gasteiger partial charge in [0, 0.05) is 18.5 Å². The van der Waals surface area contributed by atoms with Gasteiger partial charge in [-0.15, -0.1) is 0 Å². The lowest BCUT2D eigenvalue weighted by Gasteiger charge is -2.16. The molecule has 0 bridgehead atoms. The molecule has 1 aromatic rings. The first kappa shape index (κ1) is 13.9. The van der Waals surface area contributed by atoms with E-state index in [1.165, 1.54) is 12.1 Å². The molecule has 0 heterocycles. The summed E-state index contributed by atoms with van der Waals surface area (Å²) in [4.78, 5) is 0. The van der Waals surface area contributed by atoms with E-state index in [1.807, 2.05) is 6.92 Å². The van der Waals surface area contributed by atoms with Crippen LogP contribution in [-0.4, -0.2) is 19.2 Å². The van der Waals surface area contributed by atoms with Crippen LogP contribution in [0.5, 0.6) is 5.75 Å². The molecule has 0 amide bonds. The van der Waals surface area contributed by atoms with E-state index >= 15 is 0 Å². The second kappa shape index (κ2) is 6.55. The van der Waals surface area contributed by atoms with Gasteiger partial charge >= 0.3 is 0 Å². The Morgan fingerprint density at radius 2 is 1.94 bits per heavy atom. The maximum absolute atomic E-state index is 13.3. The van der Waals surface area contributed by atoms with E-state index in [0.717, 1.165) is 12.6 Å². The zero-order valence-electron chi connectivity index (χ0n) is 10.5. The number of nitrogens with one attached hydrogen (secondary N) is 1. The summed E-state index contributed by atoms with van der Waals surface area (Å²) >= 11 is 0. The Labute approximate surface area is 101 Å². The molecular weight excluding hydrogens is 224 g/mol. The van der Waals surface area contributed by atoms with E-state index in [1.54, 1.807) is 0 Å². The van der Waals surface area contributed by atoms with Crippen LogP contribution < -0.4 is 10.1 Å². The Kier molecular flexibility index (Phi) is 5.35. The van der Waals surface area contributed by atoms with E-state index in [-0.39, 0.29) is 11.7 Å². The van der Waals surface area contributed by atoms with Crippen molar-refractivity contribution in [3.8, 4) is 5.75 Å². The number of hydrogen-bond acceptors (Lipinski definition) is 2. The smallest absolute Gasteiger partial charge is 0.200 e. The molecule has 1 aromatic carbocycles. The molecule has 1 atom stereocenters. The van der Waals surface area contributed by atoms with Crippen LogP contribution in [0.1, 0.15) is 20.8 Å². The lowest BCUT2D eigenvalue weighted by atomic mass is 10.2. The summed E-state index contributed by atoms with van der Waals surface area (Å²) in [6.07, 6.45) is 0. The van der Waals surface area contributed by atoms with Gasteiger partial charge in [-0.25, -0.2) is 4.39 Å². The Hall–Kier alpha value is -1.16. The molecule has 0 spiro atoms. The second-order valence-corrected chi connectivity index (χ2v) is 4.53. The van der Waals surface area contributed by atoms with Crippen LogP contribution in [-0.2, 0) is 0 Å². The van der Waals surface area contributed by atoms with Crippen LogP contribution in [0, 0.1) is 17.6 Å². The quantitative estimate of drug-likeness (QED) is 0.829. The maximum Gasteiger partial charge on any atom is 0.200 e. The molecule has 17 heavy (non-hydrogen) atoms. The van der Waals surface area contributed by atoms with Crippen molar-refractivity contribution in [1.82, 2.24) is 5.32 Å². The highest BCUT2D eigenvalue weighted by atomic mass is 19.2. The van der Waals surface area contributed by atoms with E-state index < -0.39 is 11.6 Å². The first-order valence-electron chi connectivity index (χ1n) is 5.81. The molecule has 0 saturated heterocycles. The summed E-state index contributed by atoms with van der Waals surface area (Å²) in [5.74, 6) is -1.59. The van der Waals surface area contributed by atoms with Gasteiger partial charge < -0.3 is 10.1 Å². The molecule has 1 N–H and O–H groups in total. The fourth-order valence-corrected chi connectivity index (χ4v) is 1.32. The van der Waals surface area contributed by atoms with E-state index in [2.05, 4.69) is 19.2 Å². The zero-order chi connectivity index (χ0) is 12.8. The van der Waals surface area contributed by atoms with Crippen molar-refractivity contribution < 1.29 is 13.5 Å². The van der Waals surface area contributed by atoms with Crippen LogP contribution in [0.2, 0.25) is 0 Å². The maximum atomic E-state index is 13.3. The normalized spacial score (nSPS) is 12.8. The van der Waals surface area contributed by atoms with Gasteiger partial charge in [-0.1, -0.05) is 26.8 Å². The number of ether oxygens (including phenoxy) is 1. The number of halogens is 2. The van der Waals surface area contributed by atoms with Crippen LogP contribution in [0.15, 0.2) is 18.2 Å². The predicted octanol–water partition coefficient (Wildman–Crippen LogP) is 2.98. The lowest BCUT2D eigenvalue weighted by Crippen LogP contribution is -2.30. The fraction of sp³-hybridized carbons (Fsp3) is 0.538. The van der Waals surface area contributed by atoms with Crippen molar-refractivity contribution in [1.29, 1.82) is 0 Å². The summed E-state index contributed by atoms with van der Waals surface area (Å²) in [5.41, 5.74) is 0. The average Bonchev–Trinajstić information content (AvgIpc) is 2.28. The first-order valence-corrected chi connectivity index (χ1v) is 5.81. The monoisotopic (exact) mass is 243 g/mol. The van der Waals surface area contributed by atoms with Gasteiger partial charge in [0.25, 0.3) is 0 Å². The van der Waals surface area contributed by atoms with E-state index in [9.17, 15) is 8.78 Å². The molecule has 0 radical (unpaired) electrons. The summed E-state index contributed by atoms with van der Waals surface area (Å²) in [7, 11) is 0. The molecule has 0 aliphatic rings. The molecule has 0 aromatic heterocycles. The van der Waals surface area contributed by atoms with Crippen LogP contribution in [0.25, 0.3) is 0 Å². The molecule has 0 aliphatic carbocycles. The second-order valence-electron chi connectivity index (χ2n) is 4.53. The van der Waals surface area contributed by atoms with Gasteiger partial charge in [-0.3, -0.25) is 0 Å². The minimum atomic E-state index is -0.920. The topological polar surface area (TPSA) is 21.3 Å². The molecule has 2 nitrogen and oxygen atoms in total. The van der Waals surface area contributed by atoms with Crippen LogP contribution in [0.3, 0.4) is 0 Å². The summed E-state index contributed by atoms with van der Waals surface area (Å²) in [6, 6.07) is 4.35. The van der Waals surface area contributed by atoms with Crippen molar-refractivity contribution >= 4 is 0 Å². The highest BCUT2D eigenvalue weighted by Gasteiger charge is 2.10. The van der Waals surface area contributed by atoms with Gasteiger partial charge in [0.05, 0.1) is 6.61 Å². The average molecular weight is 243 g/mol. The molecule has 96 valence electrons. The number of benzene rings is 1. The molecule has 0 saturated carbocycles. The zero-order valence-corrected chi connectivity index (χ0v) is 10.5. The van der Waals surface area contributed by atoms with Gasteiger partial charge in [-0.05, 0) is 12.1 Å². The predicted molar refractivity (Wildman–Crippen MR) is 64.2 cm³/mol. The Morgan fingerprint density at radius 1 is 1.24 bits per heavy atom. The largest absolute Gasteiger partial charge is 0.490 e. The van der Waals surface area contributed by atoms with E-state index in [4.69, 9.17) is 4.74 Å². The van der Waals surface area contributed by atoms with Gasteiger partial charge in [-0.2, -0.15) is 4.39 Å². The van der Waals surface area contributed by atoms with Crippen LogP contribution >= 0.6 is 0 Å². The highest BCUT2D eigenvalue weighted by molar-refractivity contribution is 5.24. The fourth-order valence-electron chi connectivity index (χ4n) is 1.32. The Morgan fingerprint density at radius 3 is 2.59 bits per heavy atom. The van der Waals surface area contributed by atoms with Gasteiger partial charge in [0.15, 0.2) is 11.6 Å². The first-order chi connectivity index (χ1) is 8.00. The van der Waals surface area contributed by atoms with Gasteiger partial charge in [0.2, 0.25) is 5.82 Å². The van der Waals surface area contributed by atoms with Crippen LogP contribution in [0.4, 0.5) is 8.78 Å². The third-order valence-electron chi connectivity index (χ3n) is 2.31. The molecule has 0 fully saturated rings.